The molecule has 2 aromatic carbocycles. The quantitative estimate of drug-likeness (QED) is 0.752. The summed E-state index contributed by atoms with van der Waals surface area (Å²) < 4.78 is 0. The standard InChI is InChI=1S/C14H10ClN3O/c15-10-4-1-8(2-5-10)14-17-11-6-3-9(13(16)19)7-12(11)18-14/h1-7H,(H2,16,19)(H,17,18). The van der Waals surface area contributed by atoms with E-state index in [0.717, 1.165) is 16.9 Å². The van der Waals surface area contributed by atoms with Gasteiger partial charge < -0.3 is 10.7 Å². The zero-order valence-electron chi connectivity index (χ0n) is 9.85. The molecule has 0 radical (unpaired) electrons. The lowest BCUT2D eigenvalue weighted by atomic mass is 10.2. The first-order valence-corrected chi connectivity index (χ1v) is 6.07. The summed E-state index contributed by atoms with van der Waals surface area (Å²) in [5.41, 5.74) is 8.19. The highest BCUT2D eigenvalue weighted by Gasteiger charge is 2.07. The molecule has 4 nitrogen and oxygen atoms in total. The fourth-order valence-corrected chi connectivity index (χ4v) is 2.03. The summed E-state index contributed by atoms with van der Waals surface area (Å²) in [6, 6.07) is 12.5. The Bertz CT molecular complexity index is 762. The van der Waals surface area contributed by atoms with E-state index in [2.05, 4.69) is 9.97 Å². The summed E-state index contributed by atoms with van der Waals surface area (Å²) in [6.07, 6.45) is 0. The second-order valence-corrected chi connectivity index (χ2v) is 4.62. The highest BCUT2D eigenvalue weighted by Crippen LogP contribution is 2.22. The Morgan fingerprint density at radius 1 is 1.16 bits per heavy atom. The number of primary amides is 1. The zero-order chi connectivity index (χ0) is 13.4. The summed E-state index contributed by atoms with van der Waals surface area (Å²) in [5.74, 6) is 0.270. The van der Waals surface area contributed by atoms with Gasteiger partial charge in [-0.3, -0.25) is 4.79 Å². The smallest absolute Gasteiger partial charge is 0.248 e. The second kappa shape index (κ2) is 4.40. The van der Waals surface area contributed by atoms with Crippen molar-refractivity contribution in [1.29, 1.82) is 0 Å². The lowest BCUT2D eigenvalue weighted by Crippen LogP contribution is -2.10. The molecule has 5 heteroatoms. The molecule has 19 heavy (non-hydrogen) atoms. The minimum Gasteiger partial charge on any atom is -0.366 e. The number of nitrogens with one attached hydrogen (secondary N) is 1. The molecule has 1 heterocycles. The van der Waals surface area contributed by atoms with Crippen LogP contribution in [-0.2, 0) is 0 Å². The number of halogens is 1. The number of amides is 1. The van der Waals surface area contributed by atoms with Crippen LogP contribution in [0, 0.1) is 0 Å². The highest BCUT2D eigenvalue weighted by atomic mass is 35.5. The maximum absolute atomic E-state index is 11.1. The summed E-state index contributed by atoms with van der Waals surface area (Å²) in [5, 5.41) is 0.677. The van der Waals surface area contributed by atoms with Gasteiger partial charge in [0.05, 0.1) is 11.0 Å². The molecule has 3 aromatic rings. The van der Waals surface area contributed by atoms with Crippen LogP contribution in [0.1, 0.15) is 10.4 Å². The first kappa shape index (κ1) is 11.7. The monoisotopic (exact) mass is 271 g/mol. The fraction of sp³-hybridized carbons (Fsp3) is 0. The molecule has 94 valence electrons. The number of nitrogens with two attached hydrogens (primary N) is 1. The van der Waals surface area contributed by atoms with E-state index in [1.807, 2.05) is 12.1 Å². The summed E-state index contributed by atoms with van der Waals surface area (Å²) >= 11 is 5.85. The van der Waals surface area contributed by atoms with Gasteiger partial charge in [-0.25, -0.2) is 4.98 Å². The maximum Gasteiger partial charge on any atom is 0.248 e. The molecule has 1 aromatic heterocycles. The van der Waals surface area contributed by atoms with Crippen molar-refractivity contribution >= 4 is 28.5 Å². The number of hydrogen-bond donors (Lipinski definition) is 2. The highest BCUT2D eigenvalue weighted by molar-refractivity contribution is 6.30. The molecular formula is C14H10ClN3O. The summed E-state index contributed by atoms with van der Waals surface area (Å²) in [6.45, 7) is 0. The number of aromatic nitrogens is 2. The average Bonchev–Trinajstić information content (AvgIpc) is 2.82. The van der Waals surface area contributed by atoms with Crippen LogP contribution in [0.2, 0.25) is 5.02 Å². The molecular weight excluding hydrogens is 262 g/mol. The number of aromatic amines is 1. The first-order chi connectivity index (χ1) is 9.13. The van der Waals surface area contributed by atoms with Crippen LogP contribution < -0.4 is 5.73 Å². The number of fused-ring (bicyclic) bond motifs is 1. The van der Waals surface area contributed by atoms with Crippen molar-refractivity contribution < 1.29 is 4.79 Å². The lowest BCUT2D eigenvalue weighted by molar-refractivity contribution is 0.100. The Morgan fingerprint density at radius 2 is 1.89 bits per heavy atom. The molecule has 0 saturated heterocycles. The minimum absolute atomic E-state index is 0.446. The van der Waals surface area contributed by atoms with Crippen molar-refractivity contribution in [2.24, 2.45) is 5.73 Å². The van der Waals surface area contributed by atoms with E-state index in [0.29, 0.717) is 16.1 Å². The van der Waals surface area contributed by atoms with E-state index in [1.54, 1.807) is 30.3 Å². The minimum atomic E-state index is -0.460. The van der Waals surface area contributed by atoms with Gasteiger partial charge in [-0.1, -0.05) is 11.6 Å². The summed E-state index contributed by atoms with van der Waals surface area (Å²) in [7, 11) is 0. The van der Waals surface area contributed by atoms with Crippen LogP contribution in [-0.4, -0.2) is 15.9 Å². The average molecular weight is 272 g/mol. The molecule has 0 fully saturated rings. The van der Waals surface area contributed by atoms with Crippen molar-refractivity contribution in [2.45, 2.75) is 0 Å². The van der Waals surface area contributed by atoms with Crippen LogP contribution >= 0.6 is 11.6 Å². The van der Waals surface area contributed by atoms with Gasteiger partial charge in [0.2, 0.25) is 5.91 Å². The predicted octanol–water partition coefficient (Wildman–Crippen LogP) is 2.98. The Hall–Kier alpha value is -2.33. The zero-order valence-corrected chi connectivity index (χ0v) is 10.6. The maximum atomic E-state index is 11.1. The topological polar surface area (TPSA) is 71.8 Å². The molecule has 0 unspecified atom stereocenters. The van der Waals surface area contributed by atoms with Gasteiger partial charge in [-0.15, -0.1) is 0 Å². The third-order valence-corrected chi connectivity index (χ3v) is 3.14. The second-order valence-electron chi connectivity index (χ2n) is 4.19. The summed E-state index contributed by atoms with van der Waals surface area (Å²) in [4.78, 5) is 18.8. The van der Waals surface area contributed by atoms with E-state index >= 15 is 0 Å². The van der Waals surface area contributed by atoms with E-state index in [1.165, 1.54) is 0 Å². The molecule has 0 aliphatic heterocycles. The number of benzene rings is 2. The Kier molecular flexibility index (Phi) is 2.72. The fourth-order valence-electron chi connectivity index (χ4n) is 1.90. The normalized spacial score (nSPS) is 10.8. The van der Waals surface area contributed by atoms with Gasteiger partial charge >= 0.3 is 0 Å². The van der Waals surface area contributed by atoms with Crippen molar-refractivity contribution in [3.8, 4) is 11.4 Å². The van der Waals surface area contributed by atoms with Gasteiger partial charge in [0, 0.05) is 16.1 Å². The largest absolute Gasteiger partial charge is 0.366 e. The number of carbonyl (C=O) groups excluding carboxylic acids is 1. The molecule has 3 N–H and O–H groups in total. The third-order valence-electron chi connectivity index (χ3n) is 2.89. The molecule has 1 amide bonds. The third kappa shape index (κ3) is 2.18. The van der Waals surface area contributed by atoms with E-state index in [4.69, 9.17) is 17.3 Å². The first-order valence-electron chi connectivity index (χ1n) is 5.69. The predicted molar refractivity (Wildman–Crippen MR) is 75.1 cm³/mol. The number of imidazole rings is 1. The van der Waals surface area contributed by atoms with Gasteiger partial charge in [0.1, 0.15) is 5.82 Å². The Morgan fingerprint density at radius 3 is 2.58 bits per heavy atom. The van der Waals surface area contributed by atoms with Crippen LogP contribution in [0.5, 0.6) is 0 Å². The van der Waals surface area contributed by atoms with Crippen molar-refractivity contribution in [3.05, 3.63) is 53.1 Å². The molecule has 0 saturated carbocycles. The molecule has 0 bridgehead atoms. The van der Waals surface area contributed by atoms with E-state index < -0.39 is 5.91 Å². The Balaban J connectivity index is 2.11. The lowest BCUT2D eigenvalue weighted by Gasteiger charge is -1.95. The van der Waals surface area contributed by atoms with E-state index in [-0.39, 0.29) is 0 Å². The molecule has 3 rings (SSSR count). The van der Waals surface area contributed by atoms with Crippen LogP contribution in [0.25, 0.3) is 22.4 Å². The van der Waals surface area contributed by atoms with Crippen molar-refractivity contribution in [2.75, 3.05) is 0 Å². The van der Waals surface area contributed by atoms with Gasteiger partial charge in [-0.05, 0) is 42.5 Å². The molecule has 0 atom stereocenters. The number of rotatable bonds is 2. The Labute approximate surface area is 114 Å². The van der Waals surface area contributed by atoms with Crippen LogP contribution in [0.4, 0.5) is 0 Å². The van der Waals surface area contributed by atoms with Crippen LogP contribution in [0.15, 0.2) is 42.5 Å². The van der Waals surface area contributed by atoms with Crippen LogP contribution in [0.3, 0.4) is 0 Å². The van der Waals surface area contributed by atoms with E-state index in [9.17, 15) is 4.79 Å². The molecule has 0 spiro atoms. The SMILES string of the molecule is NC(=O)c1ccc2[nH]c(-c3ccc(Cl)cc3)nc2c1. The molecule has 0 aliphatic carbocycles. The number of H-pyrrole nitrogens is 1. The molecule has 0 aliphatic rings. The number of carbonyl (C=O) groups is 1. The van der Waals surface area contributed by atoms with Crippen molar-refractivity contribution in [1.82, 2.24) is 9.97 Å². The number of nitrogens with zero attached hydrogens (tertiary/aromatic N) is 1. The van der Waals surface area contributed by atoms with Gasteiger partial charge in [0.15, 0.2) is 0 Å². The van der Waals surface area contributed by atoms with Gasteiger partial charge in [0.25, 0.3) is 0 Å². The van der Waals surface area contributed by atoms with Crippen molar-refractivity contribution in [3.63, 3.8) is 0 Å². The van der Waals surface area contributed by atoms with Gasteiger partial charge in [-0.2, -0.15) is 0 Å². The number of hydrogen-bond acceptors (Lipinski definition) is 2.